The number of hydrogen-bond donors (Lipinski definition) is 4. The van der Waals surface area contributed by atoms with Crippen molar-refractivity contribution in [2.75, 3.05) is 43.6 Å². The largest absolute Gasteiger partial charge is 0.495 e. The summed E-state index contributed by atoms with van der Waals surface area (Å²) in [6, 6.07) is 11.8. The van der Waals surface area contributed by atoms with Crippen molar-refractivity contribution in [2.24, 2.45) is 0 Å². The number of likely N-dealkylation sites (tertiary alicyclic amines) is 1. The molecule has 4 rings (SSSR count). The van der Waals surface area contributed by atoms with E-state index in [0.717, 1.165) is 6.42 Å². The van der Waals surface area contributed by atoms with Gasteiger partial charge in [-0.25, -0.2) is 8.42 Å². The monoisotopic (exact) mass is 573 g/mol. The lowest BCUT2D eigenvalue weighted by Crippen LogP contribution is -2.33. The van der Waals surface area contributed by atoms with Crippen molar-refractivity contribution in [3.63, 3.8) is 0 Å². The molecule has 208 valence electrons. The van der Waals surface area contributed by atoms with E-state index >= 15 is 0 Å². The molecule has 2 aromatic carbocycles. The number of halogens is 1. The summed E-state index contributed by atoms with van der Waals surface area (Å²) < 4.78 is 31.3. The maximum Gasteiger partial charge on any atom is 0.254 e. The number of benzene rings is 2. The highest BCUT2D eigenvalue weighted by molar-refractivity contribution is 7.92. The molecule has 0 spiro atoms. The number of carbonyl (C=O) groups is 1. The number of anilines is 5. The summed E-state index contributed by atoms with van der Waals surface area (Å²) in [5, 5.41) is 8.67. The van der Waals surface area contributed by atoms with E-state index in [1.54, 1.807) is 55.1 Å². The zero-order valence-corrected chi connectivity index (χ0v) is 23.7. The molecule has 39 heavy (non-hydrogen) atoms. The Labute approximate surface area is 233 Å². The van der Waals surface area contributed by atoms with Crippen molar-refractivity contribution in [2.45, 2.75) is 36.5 Å². The number of hydrogen-bond acceptors (Lipinski definition) is 10. The van der Waals surface area contributed by atoms with Gasteiger partial charge in [0.05, 0.1) is 28.6 Å². The van der Waals surface area contributed by atoms with Gasteiger partial charge < -0.3 is 31.3 Å². The van der Waals surface area contributed by atoms with Crippen LogP contribution in [0, 0.1) is 0 Å². The molecular weight excluding hydrogens is 542 g/mol. The van der Waals surface area contributed by atoms with Crippen molar-refractivity contribution in [3.8, 4) is 5.75 Å². The minimum absolute atomic E-state index is 0.0141. The Balaban J connectivity index is 1.61. The molecule has 1 atom stereocenters. The summed E-state index contributed by atoms with van der Waals surface area (Å²) in [5.74, 6) is 0.533. The van der Waals surface area contributed by atoms with Gasteiger partial charge >= 0.3 is 0 Å². The SMILES string of the molecule is CNC1CCN(C(=O)c2ccc(Nc3nc(N)c(Cl)c(Nc4ccccc4S(=O)(=O)C(C)C)n3)c(OC)c2)C1. The fraction of sp³-hybridized carbons (Fsp3) is 0.346. The second-order valence-electron chi connectivity index (χ2n) is 9.38. The molecule has 3 aromatic rings. The molecule has 1 saturated heterocycles. The molecule has 5 N–H and O–H groups in total. The second kappa shape index (κ2) is 11.6. The number of methoxy groups -OCH3 is 1. The van der Waals surface area contributed by atoms with Crippen LogP contribution in [0.1, 0.15) is 30.6 Å². The predicted octanol–water partition coefficient (Wildman–Crippen LogP) is 3.82. The smallest absolute Gasteiger partial charge is 0.254 e. The number of nitrogen functional groups attached to an aromatic ring is 1. The highest BCUT2D eigenvalue weighted by Gasteiger charge is 2.27. The highest BCUT2D eigenvalue weighted by atomic mass is 35.5. The van der Waals surface area contributed by atoms with E-state index in [1.165, 1.54) is 13.2 Å². The van der Waals surface area contributed by atoms with Crippen LogP contribution in [0.2, 0.25) is 5.02 Å². The number of amides is 1. The molecule has 0 aliphatic carbocycles. The topological polar surface area (TPSA) is 152 Å². The van der Waals surface area contributed by atoms with E-state index in [2.05, 4.69) is 25.9 Å². The van der Waals surface area contributed by atoms with E-state index < -0.39 is 15.1 Å². The van der Waals surface area contributed by atoms with E-state index in [0.29, 0.717) is 35.8 Å². The van der Waals surface area contributed by atoms with Crippen LogP contribution in [-0.4, -0.2) is 67.7 Å². The summed E-state index contributed by atoms with van der Waals surface area (Å²) in [4.78, 5) is 23.6. The van der Waals surface area contributed by atoms with Gasteiger partial charge in [0.25, 0.3) is 5.91 Å². The fourth-order valence-corrected chi connectivity index (χ4v) is 5.55. The first-order valence-electron chi connectivity index (χ1n) is 12.4. The molecular formula is C26H32ClN7O4S. The summed E-state index contributed by atoms with van der Waals surface area (Å²) in [5.41, 5.74) is 7.36. The zero-order chi connectivity index (χ0) is 28.3. The van der Waals surface area contributed by atoms with E-state index in [-0.39, 0.29) is 39.5 Å². The Morgan fingerprint density at radius 3 is 2.56 bits per heavy atom. The maximum atomic E-state index is 13.0. The second-order valence-corrected chi connectivity index (χ2v) is 12.2. The molecule has 1 aliphatic rings. The number of sulfone groups is 1. The van der Waals surface area contributed by atoms with Gasteiger partial charge in [0, 0.05) is 24.7 Å². The summed E-state index contributed by atoms with van der Waals surface area (Å²) >= 11 is 6.38. The van der Waals surface area contributed by atoms with Gasteiger partial charge in [-0.05, 0) is 57.6 Å². The predicted molar refractivity (Wildman–Crippen MR) is 153 cm³/mol. The summed E-state index contributed by atoms with van der Waals surface area (Å²) in [6.07, 6.45) is 0.901. The zero-order valence-electron chi connectivity index (χ0n) is 22.2. The molecule has 1 amide bonds. The van der Waals surface area contributed by atoms with Gasteiger partial charge in [0.1, 0.15) is 16.6 Å². The van der Waals surface area contributed by atoms with Crippen LogP contribution in [0.15, 0.2) is 47.4 Å². The first-order valence-corrected chi connectivity index (χ1v) is 14.3. The third-order valence-electron chi connectivity index (χ3n) is 6.52. The van der Waals surface area contributed by atoms with Crippen molar-refractivity contribution in [1.82, 2.24) is 20.2 Å². The van der Waals surface area contributed by atoms with Crippen LogP contribution in [-0.2, 0) is 9.84 Å². The average molecular weight is 574 g/mol. The van der Waals surface area contributed by atoms with Gasteiger partial charge in [0.2, 0.25) is 5.95 Å². The molecule has 1 unspecified atom stereocenters. The number of para-hydroxylation sites is 1. The molecule has 1 aliphatic heterocycles. The molecule has 1 aromatic heterocycles. The lowest BCUT2D eigenvalue weighted by Gasteiger charge is -2.18. The molecule has 1 fully saturated rings. The molecule has 0 bridgehead atoms. The molecule has 0 saturated carbocycles. The number of nitrogens with one attached hydrogen (secondary N) is 3. The third kappa shape index (κ3) is 6.02. The number of nitrogens with two attached hydrogens (primary N) is 1. The third-order valence-corrected chi connectivity index (χ3v) is 9.11. The van der Waals surface area contributed by atoms with Gasteiger partial charge in [-0.3, -0.25) is 4.79 Å². The number of likely N-dealkylation sites (N-methyl/N-ethyl adjacent to an activating group) is 1. The van der Waals surface area contributed by atoms with Gasteiger partial charge in [0.15, 0.2) is 15.7 Å². The highest BCUT2D eigenvalue weighted by Crippen LogP contribution is 2.34. The van der Waals surface area contributed by atoms with Crippen LogP contribution < -0.4 is 26.4 Å². The Morgan fingerprint density at radius 1 is 1.15 bits per heavy atom. The quantitative estimate of drug-likeness (QED) is 0.297. The van der Waals surface area contributed by atoms with Gasteiger partial charge in [-0.15, -0.1) is 0 Å². The molecule has 11 nitrogen and oxygen atoms in total. The minimum atomic E-state index is -3.59. The van der Waals surface area contributed by atoms with Crippen molar-refractivity contribution < 1.29 is 17.9 Å². The van der Waals surface area contributed by atoms with Crippen LogP contribution in [0.5, 0.6) is 5.75 Å². The summed E-state index contributed by atoms with van der Waals surface area (Å²) in [6.45, 7) is 4.55. The fourth-order valence-electron chi connectivity index (χ4n) is 4.21. The van der Waals surface area contributed by atoms with E-state index in [1.807, 2.05) is 7.05 Å². The number of rotatable bonds is 9. The summed E-state index contributed by atoms with van der Waals surface area (Å²) in [7, 11) is -0.200. The minimum Gasteiger partial charge on any atom is -0.495 e. The Morgan fingerprint density at radius 2 is 1.90 bits per heavy atom. The number of nitrogens with zero attached hydrogens (tertiary/aromatic N) is 3. The van der Waals surface area contributed by atoms with E-state index in [9.17, 15) is 13.2 Å². The first kappa shape index (κ1) is 28.4. The van der Waals surface area contributed by atoms with Gasteiger partial charge in [-0.2, -0.15) is 9.97 Å². The Hall–Kier alpha value is -3.61. The van der Waals surface area contributed by atoms with Gasteiger partial charge in [-0.1, -0.05) is 23.7 Å². The number of aromatic nitrogens is 2. The van der Waals surface area contributed by atoms with Crippen molar-refractivity contribution in [1.29, 1.82) is 0 Å². The first-order chi connectivity index (χ1) is 18.5. The van der Waals surface area contributed by atoms with Crippen LogP contribution in [0.3, 0.4) is 0 Å². The maximum absolute atomic E-state index is 13.0. The van der Waals surface area contributed by atoms with E-state index in [4.69, 9.17) is 22.1 Å². The lowest BCUT2D eigenvalue weighted by molar-refractivity contribution is 0.0789. The number of ether oxygens (including phenoxy) is 1. The number of carbonyl (C=O) groups excluding carboxylic acids is 1. The molecule has 2 heterocycles. The average Bonchev–Trinajstić information content (AvgIpc) is 3.41. The lowest BCUT2D eigenvalue weighted by atomic mass is 10.1. The van der Waals surface area contributed by atoms with Crippen LogP contribution >= 0.6 is 11.6 Å². The molecule has 13 heteroatoms. The Kier molecular flexibility index (Phi) is 8.48. The van der Waals surface area contributed by atoms with Crippen LogP contribution in [0.4, 0.5) is 29.0 Å². The van der Waals surface area contributed by atoms with Crippen LogP contribution in [0.25, 0.3) is 0 Å². The van der Waals surface area contributed by atoms with Crippen molar-refractivity contribution in [3.05, 3.63) is 53.1 Å². The Bertz CT molecular complexity index is 1480. The van der Waals surface area contributed by atoms with Crippen molar-refractivity contribution >= 4 is 56.3 Å². The normalized spacial score (nSPS) is 15.4. The molecule has 0 radical (unpaired) electrons. The standard InChI is InChI=1S/C26H32ClN7O4S/c1-15(2)39(36,37)21-8-6-5-7-19(21)30-24-22(27)23(28)32-26(33-24)31-18-10-9-16(13-20(18)38-4)25(35)34-12-11-17(14-34)29-3/h5-10,13,15,17,29H,11-12,14H2,1-4H3,(H4,28,30,31,32,33).